The Morgan fingerprint density at radius 3 is 2.30 bits per heavy atom. The van der Waals surface area contributed by atoms with Crippen LogP contribution in [0.15, 0.2) is 35.3 Å². The highest BCUT2D eigenvalue weighted by atomic mass is 16.3. The Morgan fingerprint density at radius 2 is 1.74 bits per heavy atom. The van der Waals surface area contributed by atoms with Crippen LogP contribution in [0.25, 0.3) is 0 Å². The van der Waals surface area contributed by atoms with Crippen molar-refractivity contribution in [2.45, 2.75) is 46.6 Å². The summed E-state index contributed by atoms with van der Waals surface area (Å²) in [5.41, 5.74) is 1.50. The fraction of sp³-hybridized carbons (Fsp3) is 0.682. The van der Waals surface area contributed by atoms with Crippen LogP contribution in [0.1, 0.15) is 45.6 Å². The largest absolute Gasteiger partial charge is 0.396 e. The van der Waals surface area contributed by atoms with Crippen LogP contribution in [-0.4, -0.2) is 66.7 Å². The number of hydrogen-bond acceptors (Lipinski definition) is 3. The molecule has 27 heavy (non-hydrogen) atoms. The molecule has 152 valence electrons. The molecule has 1 aliphatic rings. The number of hydrogen-bond donors (Lipinski definition) is 2. The number of nitrogens with one attached hydrogen (secondary N) is 1. The highest BCUT2D eigenvalue weighted by molar-refractivity contribution is 5.80. The minimum atomic E-state index is 0.116. The van der Waals surface area contributed by atoms with Gasteiger partial charge in [0.25, 0.3) is 0 Å². The molecule has 0 spiro atoms. The van der Waals surface area contributed by atoms with Crippen molar-refractivity contribution in [1.82, 2.24) is 15.1 Å². The van der Waals surface area contributed by atoms with E-state index in [0.29, 0.717) is 0 Å². The second-order valence-electron chi connectivity index (χ2n) is 7.60. The standard InChI is InChI=1S/C22H38N4O/c1-4-22(5-2,12-17-27)19-24-21(23-6-3)26-15-13-25(14-16-26)18-20-10-8-7-9-11-20/h7-11,27H,4-6,12-19H2,1-3H3,(H,23,24). The first-order valence-corrected chi connectivity index (χ1v) is 10.6. The Morgan fingerprint density at radius 1 is 1.07 bits per heavy atom. The van der Waals surface area contributed by atoms with E-state index in [1.54, 1.807) is 0 Å². The molecule has 5 heteroatoms. The maximum absolute atomic E-state index is 9.45. The molecule has 2 N–H and O–H groups in total. The summed E-state index contributed by atoms with van der Waals surface area (Å²) in [6.45, 7) is 13.6. The molecule has 0 atom stereocenters. The fourth-order valence-corrected chi connectivity index (χ4v) is 3.77. The summed E-state index contributed by atoms with van der Waals surface area (Å²) >= 11 is 0. The Balaban J connectivity index is 1.94. The molecule has 1 aliphatic heterocycles. The molecule has 0 bridgehead atoms. The second kappa shape index (κ2) is 11.3. The Bertz CT molecular complexity index is 549. The summed E-state index contributed by atoms with van der Waals surface area (Å²) in [6.07, 6.45) is 2.93. The first-order chi connectivity index (χ1) is 13.2. The van der Waals surface area contributed by atoms with E-state index in [2.05, 4.69) is 66.2 Å². The van der Waals surface area contributed by atoms with E-state index in [0.717, 1.165) is 71.0 Å². The number of rotatable bonds is 9. The smallest absolute Gasteiger partial charge is 0.194 e. The molecule has 0 saturated carbocycles. The number of guanidine groups is 1. The SMILES string of the molecule is CCNC(=NCC(CC)(CC)CCO)N1CCN(Cc2ccccc2)CC1. The van der Waals surface area contributed by atoms with Crippen molar-refractivity contribution < 1.29 is 5.11 Å². The van der Waals surface area contributed by atoms with Crippen LogP contribution in [0.5, 0.6) is 0 Å². The average Bonchev–Trinajstić information content (AvgIpc) is 2.71. The van der Waals surface area contributed by atoms with Crippen LogP contribution in [0.4, 0.5) is 0 Å². The van der Waals surface area contributed by atoms with Crippen LogP contribution < -0.4 is 5.32 Å². The summed E-state index contributed by atoms with van der Waals surface area (Å²) in [7, 11) is 0. The number of aliphatic hydroxyl groups excluding tert-OH is 1. The summed E-state index contributed by atoms with van der Waals surface area (Å²) in [6, 6.07) is 10.7. The lowest BCUT2D eigenvalue weighted by Crippen LogP contribution is -2.52. The van der Waals surface area contributed by atoms with Gasteiger partial charge in [0.15, 0.2) is 5.96 Å². The van der Waals surface area contributed by atoms with E-state index in [1.165, 1.54) is 5.56 Å². The minimum absolute atomic E-state index is 0.116. The van der Waals surface area contributed by atoms with Crippen LogP contribution in [-0.2, 0) is 6.54 Å². The Labute approximate surface area is 165 Å². The molecule has 0 radical (unpaired) electrons. The van der Waals surface area contributed by atoms with Crippen molar-refractivity contribution in [2.24, 2.45) is 10.4 Å². The van der Waals surface area contributed by atoms with Gasteiger partial charge in [-0.3, -0.25) is 9.89 Å². The summed E-state index contributed by atoms with van der Waals surface area (Å²) in [5.74, 6) is 1.03. The molecule has 0 aliphatic carbocycles. The second-order valence-corrected chi connectivity index (χ2v) is 7.60. The van der Waals surface area contributed by atoms with E-state index >= 15 is 0 Å². The third-order valence-electron chi connectivity index (χ3n) is 5.96. The highest BCUT2D eigenvalue weighted by Crippen LogP contribution is 2.30. The molecule has 0 amide bonds. The molecule has 0 aromatic heterocycles. The number of nitrogens with zero attached hydrogens (tertiary/aromatic N) is 3. The van der Waals surface area contributed by atoms with Gasteiger partial charge in [0, 0.05) is 52.4 Å². The zero-order valence-corrected chi connectivity index (χ0v) is 17.5. The summed E-state index contributed by atoms with van der Waals surface area (Å²) in [4.78, 5) is 9.89. The molecule has 5 nitrogen and oxygen atoms in total. The minimum Gasteiger partial charge on any atom is -0.396 e. The van der Waals surface area contributed by atoms with Gasteiger partial charge in [-0.2, -0.15) is 0 Å². The summed E-state index contributed by atoms with van der Waals surface area (Å²) < 4.78 is 0. The lowest BCUT2D eigenvalue weighted by atomic mass is 9.79. The van der Waals surface area contributed by atoms with E-state index in [4.69, 9.17) is 4.99 Å². The lowest BCUT2D eigenvalue weighted by molar-refractivity contribution is 0.166. The van der Waals surface area contributed by atoms with Crippen LogP contribution in [0.2, 0.25) is 0 Å². The first-order valence-electron chi connectivity index (χ1n) is 10.6. The van der Waals surface area contributed by atoms with Crippen molar-refractivity contribution in [2.75, 3.05) is 45.9 Å². The molecular weight excluding hydrogens is 336 g/mol. The van der Waals surface area contributed by atoms with Gasteiger partial charge in [0.05, 0.1) is 0 Å². The van der Waals surface area contributed by atoms with E-state index in [1.807, 2.05) is 0 Å². The van der Waals surface area contributed by atoms with Gasteiger partial charge < -0.3 is 15.3 Å². The zero-order chi connectivity index (χ0) is 19.5. The van der Waals surface area contributed by atoms with Crippen LogP contribution in [0.3, 0.4) is 0 Å². The molecule has 2 rings (SSSR count). The summed E-state index contributed by atoms with van der Waals surface area (Å²) in [5, 5.41) is 12.9. The van der Waals surface area contributed by atoms with Gasteiger partial charge in [-0.15, -0.1) is 0 Å². The van der Waals surface area contributed by atoms with Gasteiger partial charge >= 0.3 is 0 Å². The monoisotopic (exact) mass is 374 g/mol. The topological polar surface area (TPSA) is 51.1 Å². The maximum atomic E-state index is 9.45. The number of aliphatic hydroxyl groups is 1. The Kier molecular flexibility index (Phi) is 9.08. The van der Waals surface area contributed by atoms with Crippen LogP contribution in [0, 0.1) is 5.41 Å². The fourth-order valence-electron chi connectivity index (χ4n) is 3.77. The lowest BCUT2D eigenvalue weighted by Gasteiger charge is -2.37. The quantitative estimate of drug-likeness (QED) is 0.515. The van der Waals surface area contributed by atoms with Gasteiger partial charge in [-0.25, -0.2) is 0 Å². The predicted octanol–water partition coefficient (Wildman–Crippen LogP) is 2.96. The predicted molar refractivity (Wildman–Crippen MR) is 114 cm³/mol. The van der Waals surface area contributed by atoms with Gasteiger partial charge in [0.2, 0.25) is 0 Å². The molecule has 1 aromatic carbocycles. The number of benzene rings is 1. The van der Waals surface area contributed by atoms with Gasteiger partial charge in [0.1, 0.15) is 0 Å². The molecule has 1 aromatic rings. The van der Waals surface area contributed by atoms with Crippen LogP contribution >= 0.6 is 0 Å². The third kappa shape index (κ3) is 6.51. The molecular formula is C22H38N4O. The van der Waals surface area contributed by atoms with Gasteiger partial charge in [-0.1, -0.05) is 44.2 Å². The van der Waals surface area contributed by atoms with E-state index in [9.17, 15) is 5.11 Å². The zero-order valence-electron chi connectivity index (χ0n) is 17.5. The van der Waals surface area contributed by atoms with Crippen molar-refractivity contribution in [3.8, 4) is 0 Å². The van der Waals surface area contributed by atoms with Crippen molar-refractivity contribution >= 4 is 5.96 Å². The highest BCUT2D eigenvalue weighted by Gasteiger charge is 2.26. The number of aliphatic imine (C=N–C) groups is 1. The molecule has 1 saturated heterocycles. The Hall–Kier alpha value is -1.59. The normalized spacial score (nSPS) is 16.6. The third-order valence-corrected chi connectivity index (χ3v) is 5.96. The van der Waals surface area contributed by atoms with E-state index < -0.39 is 0 Å². The molecule has 0 unspecified atom stereocenters. The maximum Gasteiger partial charge on any atom is 0.194 e. The van der Waals surface area contributed by atoms with Crippen molar-refractivity contribution in [1.29, 1.82) is 0 Å². The van der Waals surface area contributed by atoms with Gasteiger partial charge in [-0.05, 0) is 37.2 Å². The molecule has 1 heterocycles. The molecule has 1 fully saturated rings. The van der Waals surface area contributed by atoms with E-state index in [-0.39, 0.29) is 12.0 Å². The average molecular weight is 375 g/mol. The van der Waals surface area contributed by atoms with Crippen molar-refractivity contribution in [3.05, 3.63) is 35.9 Å². The number of piperazine rings is 1. The van der Waals surface area contributed by atoms with Crippen molar-refractivity contribution in [3.63, 3.8) is 0 Å². The first kappa shape index (κ1) is 21.7.